The molecule has 0 atom stereocenters. The van der Waals surface area contributed by atoms with E-state index in [2.05, 4.69) is 159 Å². The number of hydrogen-bond acceptors (Lipinski definition) is 1. The maximum atomic E-state index is 5.08. The number of fused-ring (bicyclic) bond motifs is 8. The van der Waals surface area contributed by atoms with Crippen molar-refractivity contribution in [1.82, 2.24) is 18.5 Å². The lowest BCUT2D eigenvalue weighted by Crippen LogP contribution is -1.96. The van der Waals surface area contributed by atoms with Gasteiger partial charge in [-0.3, -0.25) is 8.97 Å². The second-order valence-electron chi connectivity index (χ2n) is 10.5. The largest absolute Gasteiger partial charge is 0.309 e. The van der Waals surface area contributed by atoms with Gasteiger partial charge >= 0.3 is 0 Å². The Labute approximate surface area is 236 Å². The molecule has 3 heterocycles. The minimum Gasteiger partial charge on any atom is -0.309 e. The molecule has 0 saturated heterocycles. The van der Waals surface area contributed by atoms with Crippen molar-refractivity contribution in [2.75, 3.05) is 0 Å². The van der Waals surface area contributed by atoms with Crippen molar-refractivity contribution >= 4 is 49.7 Å². The van der Waals surface area contributed by atoms with Crippen molar-refractivity contribution in [2.45, 2.75) is 0 Å². The number of imidazole rings is 2. The molecule has 9 rings (SSSR count). The fraction of sp³-hybridized carbons (Fsp3) is 0. The molecule has 0 amide bonds. The standard InChI is InChI=1S/C37H24N4/c1-2-11-25(12-3-1)26-13-10-14-27(23-26)39-32-17-6-4-15-29(32)30-24-28(21-22-33(30)39)40-35-19-8-9-20-36(35)41-34-18-7-5-16-31(34)38-37(40)41/h1-24H. The topological polar surface area (TPSA) is 27.2 Å². The molecule has 0 aliphatic rings. The van der Waals surface area contributed by atoms with Crippen LogP contribution in [0.4, 0.5) is 0 Å². The molecule has 0 radical (unpaired) electrons. The van der Waals surface area contributed by atoms with Crippen molar-refractivity contribution in [3.05, 3.63) is 146 Å². The van der Waals surface area contributed by atoms with E-state index in [4.69, 9.17) is 4.98 Å². The van der Waals surface area contributed by atoms with Crippen LogP contribution in [0, 0.1) is 0 Å². The summed E-state index contributed by atoms with van der Waals surface area (Å²) in [7, 11) is 0. The minimum absolute atomic E-state index is 0.922. The summed E-state index contributed by atoms with van der Waals surface area (Å²) in [5, 5.41) is 2.45. The quantitative estimate of drug-likeness (QED) is 0.226. The van der Waals surface area contributed by atoms with Gasteiger partial charge in [0.25, 0.3) is 0 Å². The fourth-order valence-corrected chi connectivity index (χ4v) is 6.44. The highest BCUT2D eigenvalue weighted by molar-refractivity contribution is 6.10. The number of aromatic nitrogens is 4. The molecule has 4 nitrogen and oxygen atoms in total. The third kappa shape index (κ3) is 3.19. The Morgan fingerprint density at radius 3 is 1.93 bits per heavy atom. The number of para-hydroxylation sites is 5. The third-order valence-corrected chi connectivity index (χ3v) is 8.23. The molecule has 9 aromatic rings. The Kier molecular flexibility index (Phi) is 4.58. The van der Waals surface area contributed by atoms with Crippen LogP contribution >= 0.6 is 0 Å². The third-order valence-electron chi connectivity index (χ3n) is 8.23. The first kappa shape index (κ1) is 22.2. The maximum Gasteiger partial charge on any atom is 0.220 e. The van der Waals surface area contributed by atoms with E-state index in [0.717, 1.165) is 39.2 Å². The molecule has 4 heteroatoms. The van der Waals surface area contributed by atoms with Crippen LogP contribution in [0.2, 0.25) is 0 Å². The van der Waals surface area contributed by atoms with Crippen LogP contribution in [0.1, 0.15) is 0 Å². The fourth-order valence-electron chi connectivity index (χ4n) is 6.44. The zero-order valence-electron chi connectivity index (χ0n) is 22.1. The van der Waals surface area contributed by atoms with E-state index in [9.17, 15) is 0 Å². The summed E-state index contributed by atoms with van der Waals surface area (Å²) >= 11 is 0. The Balaban J connectivity index is 1.32. The molecule has 0 bridgehead atoms. The first-order valence-corrected chi connectivity index (χ1v) is 13.9. The highest BCUT2D eigenvalue weighted by Crippen LogP contribution is 2.36. The Bertz CT molecular complexity index is 2420. The van der Waals surface area contributed by atoms with Gasteiger partial charge in [-0.2, -0.15) is 0 Å². The second-order valence-corrected chi connectivity index (χ2v) is 10.5. The van der Waals surface area contributed by atoms with Gasteiger partial charge in [0, 0.05) is 22.1 Å². The highest BCUT2D eigenvalue weighted by atomic mass is 15.2. The number of hydrogen-bond donors (Lipinski definition) is 0. The van der Waals surface area contributed by atoms with E-state index < -0.39 is 0 Å². The summed E-state index contributed by atoms with van der Waals surface area (Å²) in [6.07, 6.45) is 0. The summed E-state index contributed by atoms with van der Waals surface area (Å²) in [4.78, 5) is 5.08. The lowest BCUT2D eigenvalue weighted by Gasteiger charge is -2.11. The molecule has 0 N–H and O–H groups in total. The first-order chi connectivity index (χ1) is 20.3. The SMILES string of the molecule is c1ccc(-c2cccc(-n3c4ccccc4c4cc(-n5c6ccccc6n6c7ccccc7nc56)ccc43)c2)cc1. The lowest BCUT2D eigenvalue weighted by molar-refractivity contribution is 1.11. The maximum absolute atomic E-state index is 5.08. The normalized spacial score (nSPS) is 11.9. The van der Waals surface area contributed by atoms with Crippen LogP contribution in [-0.4, -0.2) is 18.5 Å². The van der Waals surface area contributed by atoms with E-state index >= 15 is 0 Å². The van der Waals surface area contributed by atoms with E-state index in [0.29, 0.717) is 0 Å². The number of benzene rings is 6. The minimum atomic E-state index is 0.922. The van der Waals surface area contributed by atoms with Gasteiger partial charge in [0.2, 0.25) is 5.78 Å². The predicted octanol–water partition coefficient (Wildman–Crippen LogP) is 9.20. The Morgan fingerprint density at radius 1 is 0.390 bits per heavy atom. The van der Waals surface area contributed by atoms with Gasteiger partial charge in [-0.25, -0.2) is 4.98 Å². The molecule has 0 aliphatic carbocycles. The van der Waals surface area contributed by atoms with E-state index in [1.165, 1.54) is 32.9 Å². The van der Waals surface area contributed by atoms with Crippen LogP contribution in [0.25, 0.3) is 72.2 Å². The van der Waals surface area contributed by atoms with Crippen LogP contribution in [0.3, 0.4) is 0 Å². The zero-order chi connectivity index (χ0) is 26.9. The van der Waals surface area contributed by atoms with Gasteiger partial charge in [-0.05, 0) is 71.8 Å². The van der Waals surface area contributed by atoms with E-state index in [-0.39, 0.29) is 0 Å². The summed E-state index contributed by atoms with van der Waals surface area (Å²) in [6.45, 7) is 0. The lowest BCUT2D eigenvalue weighted by atomic mass is 10.1. The van der Waals surface area contributed by atoms with Crippen molar-refractivity contribution < 1.29 is 0 Å². The van der Waals surface area contributed by atoms with Crippen LogP contribution in [-0.2, 0) is 0 Å². The summed E-state index contributed by atoms with van der Waals surface area (Å²) in [5.74, 6) is 0.922. The van der Waals surface area contributed by atoms with Crippen molar-refractivity contribution in [3.63, 3.8) is 0 Å². The van der Waals surface area contributed by atoms with Gasteiger partial charge in [0.15, 0.2) is 0 Å². The van der Waals surface area contributed by atoms with E-state index in [1.807, 2.05) is 0 Å². The average molecular weight is 525 g/mol. The van der Waals surface area contributed by atoms with E-state index in [1.54, 1.807) is 0 Å². The molecule has 0 spiro atoms. The molecular weight excluding hydrogens is 500 g/mol. The molecule has 0 saturated carbocycles. The zero-order valence-corrected chi connectivity index (χ0v) is 22.1. The van der Waals surface area contributed by atoms with Crippen molar-refractivity contribution in [2.24, 2.45) is 0 Å². The number of rotatable bonds is 3. The molecule has 0 unspecified atom stereocenters. The van der Waals surface area contributed by atoms with Gasteiger partial charge in [-0.15, -0.1) is 0 Å². The van der Waals surface area contributed by atoms with Gasteiger partial charge < -0.3 is 4.57 Å². The summed E-state index contributed by atoms with van der Waals surface area (Å²) in [6, 6.07) is 51.8. The van der Waals surface area contributed by atoms with Crippen molar-refractivity contribution in [3.8, 4) is 22.5 Å². The second kappa shape index (κ2) is 8.44. The van der Waals surface area contributed by atoms with Crippen LogP contribution in [0.15, 0.2) is 146 Å². The van der Waals surface area contributed by atoms with Crippen LogP contribution in [0.5, 0.6) is 0 Å². The number of nitrogens with zero attached hydrogens (tertiary/aromatic N) is 4. The Morgan fingerprint density at radius 2 is 1.05 bits per heavy atom. The average Bonchev–Trinajstić information content (AvgIpc) is 3.68. The molecule has 6 aromatic carbocycles. The summed E-state index contributed by atoms with van der Waals surface area (Å²) < 4.78 is 6.94. The molecule has 41 heavy (non-hydrogen) atoms. The molecular formula is C37H24N4. The monoisotopic (exact) mass is 524 g/mol. The highest BCUT2D eigenvalue weighted by Gasteiger charge is 2.19. The van der Waals surface area contributed by atoms with Gasteiger partial charge in [0.05, 0.1) is 33.1 Å². The van der Waals surface area contributed by atoms with Gasteiger partial charge in [-0.1, -0.05) is 84.9 Å². The van der Waals surface area contributed by atoms with Crippen molar-refractivity contribution in [1.29, 1.82) is 0 Å². The smallest absolute Gasteiger partial charge is 0.220 e. The van der Waals surface area contributed by atoms with Gasteiger partial charge in [0.1, 0.15) is 0 Å². The first-order valence-electron chi connectivity index (χ1n) is 13.9. The molecule has 0 aliphatic heterocycles. The molecule has 3 aromatic heterocycles. The Hall–Kier alpha value is -5.61. The predicted molar refractivity (Wildman–Crippen MR) is 169 cm³/mol. The summed E-state index contributed by atoms with van der Waals surface area (Å²) in [5.41, 5.74) is 11.5. The molecule has 0 fully saturated rings. The molecule has 192 valence electrons. The van der Waals surface area contributed by atoms with Crippen LogP contribution < -0.4 is 0 Å².